The van der Waals surface area contributed by atoms with Crippen molar-refractivity contribution in [1.82, 2.24) is 9.88 Å². The van der Waals surface area contributed by atoms with E-state index < -0.39 is 6.04 Å². The van der Waals surface area contributed by atoms with Gasteiger partial charge in [-0.3, -0.25) is 14.6 Å². The first-order valence-corrected chi connectivity index (χ1v) is 9.54. The third kappa shape index (κ3) is 4.07. The second-order valence-electron chi connectivity index (χ2n) is 6.93. The van der Waals surface area contributed by atoms with Crippen LogP contribution in [0.1, 0.15) is 21.5 Å². The van der Waals surface area contributed by atoms with E-state index in [0.29, 0.717) is 28.4 Å². The van der Waals surface area contributed by atoms with Crippen molar-refractivity contribution in [3.63, 3.8) is 0 Å². The van der Waals surface area contributed by atoms with Crippen LogP contribution in [0.3, 0.4) is 0 Å². The number of carbonyl (C=O) groups is 2. The van der Waals surface area contributed by atoms with Crippen LogP contribution in [0.25, 0.3) is 0 Å². The van der Waals surface area contributed by atoms with E-state index in [9.17, 15) is 9.59 Å². The van der Waals surface area contributed by atoms with E-state index in [1.165, 1.54) is 0 Å². The molecule has 146 valence electrons. The van der Waals surface area contributed by atoms with Crippen molar-refractivity contribution in [1.29, 1.82) is 0 Å². The van der Waals surface area contributed by atoms with Gasteiger partial charge in [-0.2, -0.15) is 0 Å². The SMILES string of the molecule is Nc1ccc(CN2C(=O)c3ccc(Cl)cc3NC(=O)[C@H]2Cc2cccnc2)cc1. The zero-order valence-corrected chi connectivity index (χ0v) is 16.3. The number of anilines is 2. The van der Waals surface area contributed by atoms with Gasteiger partial charge in [-0.1, -0.05) is 29.8 Å². The minimum absolute atomic E-state index is 0.235. The van der Waals surface area contributed by atoms with Gasteiger partial charge in [0, 0.05) is 36.1 Å². The Morgan fingerprint density at radius 1 is 1.07 bits per heavy atom. The quantitative estimate of drug-likeness (QED) is 0.649. The molecule has 29 heavy (non-hydrogen) atoms. The van der Waals surface area contributed by atoms with Crippen molar-refractivity contribution < 1.29 is 9.59 Å². The van der Waals surface area contributed by atoms with Crippen LogP contribution in [-0.2, 0) is 17.8 Å². The number of pyridine rings is 1. The van der Waals surface area contributed by atoms with Gasteiger partial charge < -0.3 is 16.0 Å². The van der Waals surface area contributed by atoms with Gasteiger partial charge in [-0.05, 0) is 47.5 Å². The number of benzene rings is 2. The highest BCUT2D eigenvalue weighted by atomic mass is 35.5. The lowest BCUT2D eigenvalue weighted by Gasteiger charge is -2.29. The molecular formula is C22H19ClN4O2. The second kappa shape index (κ2) is 7.93. The Hall–Kier alpha value is -3.38. The maximum Gasteiger partial charge on any atom is 0.256 e. The van der Waals surface area contributed by atoms with Gasteiger partial charge in [0.05, 0.1) is 11.3 Å². The number of carbonyl (C=O) groups excluding carboxylic acids is 2. The summed E-state index contributed by atoms with van der Waals surface area (Å²) in [6, 6.07) is 15.2. The number of nitrogens with zero attached hydrogens (tertiary/aromatic N) is 2. The highest BCUT2D eigenvalue weighted by Gasteiger charge is 2.35. The van der Waals surface area contributed by atoms with E-state index in [4.69, 9.17) is 17.3 Å². The Labute approximate surface area is 173 Å². The minimum Gasteiger partial charge on any atom is -0.399 e. The Bertz CT molecular complexity index is 1050. The Kier molecular flexibility index (Phi) is 5.18. The van der Waals surface area contributed by atoms with E-state index in [1.54, 1.807) is 47.6 Å². The summed E-state index contributed by atoms with van der Waals surface area (Å²) in [6.07, 6.45) is 3.72. The van der Waals surface area contributed by atoms with Crippen molar-refractivity contribution in [2.75, 3.05) is 11.1 Å². The molecule has 4 rings (SSSR count). The van der Waals surface area contributed by atoms with Crippen molar-refractivity contribution in [2.24, 2.45) is 0 Å². The lowest BCUT2D eigenvalue weighted by atomic mass is 10.0. The number of halogens is 1. The summed E-state index contributed by atoms with van der Waals surface area (Å²) < 4.78 is 0. The molecule has 0 bridgehead atoms. The molecule has 2 aromatic carbocycles. The second-order valence-corrected chi connectivity index (χ2v) is 7.37. The van der Waals surface area contributed by atoms with E-state index in [1.807, 2.05) is 24.3 Å². The molecule has 1 aliphatic rings. The fraction of sp³-hybridized carbons (Fsp3) is 0.136. The molecule has 3 N–H and O–H groups in total. The topological polar surface area (TPSA) is 88.3 Å². The summed E-state index contributed by atoms with van der Waals surface area (Å²) in [6.45, 7) is 0.277. The third-order valence-electron chi connectivity index (χ3n) is 4.89. The van der Waals surface area contributed by atoms with Crippen LogP contribution < -0.4 is 11.1 Å². The van der Waals surface area contributed by atoms with Crippen LogP contribution in [0, 0.1) is 0 Å². The fourth-order valence-corrected chi connectivity index (χ4v) is 3.58. The van der Waals surface area contributed by atoms with Crippen molar-refractivity contribution in [3.8, 4) is 0 Å². The summed E-state index contributed by atoms with van der Waals surface area (Å²) in [5.74, 6) is -0.501. The molecule has 1 aliphatic heterocycles. The smallest absolute Gasteiger partial charge is 0.256 e. The summed E-state index contributed by atoms with van der Waals surface area (Å²) in [5.41, 5.74) is 9.00. The molecule has 0 aliphatic carbocycles. The number of hydrogen-bond donors (Lipinski definition) is 2. The van der Waals surface area contributed by atoms with Gasteiger partial charge >= 0.3 is 0 Å². The number of nitrogens with one attached hydrogen (secondary N) is 1. The molecule has 1 atom stereocenters. The largest absolute Gasteiger partial charge is 0.399 e. The summed E-state index contributed by atoms with van der Waals surface area (Å²) in [5, 5.41) is 3.31. The molecule has 1 aromatic heterocycles. The predicted octanol–water partition coefficient (Wildman–Crippen LogP) is 3.52. The summed E-state index contributed by atoms with van der Waals surface area (Å²) >= 11 is 6.08. The fourth-order valence-electron chi connectivity index (χ4n) is 3.41. The van der Waals surface area contributed by atoms with Gasteiger partial charge in [0.25, 0.3) is 5.91 Å². The third-order valence-corrected chi connectivity index (χ3v) is 5.13. The Balaban J connectivity index is 1.75. The first-order chi connectivity index (χ1) is 14.0. The van der Waals surface area contributed by atoms with E-state index in [0.717, 1.165) is 11.1 Å². The van der Waals surface area contributed by atoms with Gasteiger partial charge in [0.1, 0.15) is 6.04 Å². The number of fused-ring (bicyclic) bond motifs is 1. The predicted molar refractivity (Wildman–Crippen MR) is 113 cm³/mol. The first kappa shape index (κ1) is 19.0. The standard InChI is InChI=1S/C22H19ClN4O2/c23-16-5-8-18-19(11-16)26-21(28)20(10-15-2-1-9-25-12-15)27(22(18)29)13-14-3-6-17(24)7-4-14/h1-9,11-12,20H,10,13,24H2,(H,26,28)/t20-/m1/s1. The summed E-state index contributed by atoms with van der Waals surface area (Å²) in [7, 11) is 0. The zero-order valence-electron chi connectivity index (χ0n) is 15.5. The van der Waals surface area contributed by atoms with E-state index in [-0.39, 0.29) is 18.4 Å². The van der Waals surface area contributed by atoms with Crippen LogP contribution in [0.4, 0.5) is 11.4 Å². The highest BCUT2D eigenvalue weighted by molar-refractivity contribution is 6.31. The molecule has 2 heterocycles. The van der Waals surface area contributed by atoms with Gasteiger partial charge in [-0.25, -0.2) is 0 Å². The Morgan fingerprint density at radius 3 is 2.59 bits per heavy atom. The lowest BCUT2D eigenvalue weighted by Crippen LogP contribution is -2.46. The molecular weight excluding hydrogens is 388 g/mol. The molecule has 0 unspecified atom stereocenters. The summed E-state index contributed by atoms with van der Waals surface area (Å²) in [4.78, 5) is 32.2. The van der Waals surface area contributed by atoms with Crippen LogP contribution >= 0.6 is 11.6 Å². The molecule has 0 saturated heterocycles. The van der Waals surface area contributed by atoms with Gasteiger partial charge in [0.2, 0.25) is 5.91 Å². The maximum atomic E-state index is 13.4. The molecule has 0 spiro atoms. The number of nitrogen functional groups attached to an aromatic ring is 1. The molecule has 0 saturated carbocycles. The van der Waals surface area contributed by atoms with Crippen molar-refractivity contribution >= 4 is 34.8 Å². The zero-order chi connectivity index (χ0) is 20.4. The number of amides is 2. The van der Waals surface area contributed by atoms with Crippen LogP contribution in [0.2, 0.25) is 5.02 Å². The van der Waals surface area contributed by atoms with Crippen LogP contribution in [0.5, 0.6) is 0 Å². The van der Waals surface area contributed by atoms with Crippen molar-refractivity contribution in [3.05, 3.63) is 88.7 Å². The normalized spacial score (nSPS) is 16.2. The van der Waals surface area contributed by atoms with Gasteiger partial charge in [0.15, 0.2) is 0 Å². The number of aromatic nitrogens is 1. The number of hydrogen-bond acceptors (Lipinski definition) is 4. The molecule has 0 fully saturated rings. The average Bonchev–Trinajstić information content (AvgIpc) is 2.80. The number of rotatable bonds is 4. The lowest BCUT2D eigenvalue weighted by molar-refractivity contribution is -0.120. The van der Waals surface area contributed by atoms with Crippen molar-refractivity contribution in [2.45, 2.75) is 19.0 Å². The molecule has 3 aromatic rings. The van der Waals surface area contributed by atoms with E-state index in [2.05, 4.69) is 10.3 Å². The molecule has 2 amide bonds. The average molecular weight is 407 g/mol. The van der Waals surface area contributed by atoms with Crippen LogP contribution in [0.15, 0.2) is 67.0 Å². The first-order valence-electron chi connectivity index (χ1n) is 9.16. The highest BCUT2D eigenvalue weighted by Crippen LogP contribution is 2.28. The maximum absolute atomic E-state index is 13.4. The Morgan fingerprint density at radius 2 is 1.86 bits per heavy atom. The molecule has 7 heteroatoms. The number of nitrogens with two attached hydrogens (primary N) is 1. The molecule has 6 nitrogen and oxygen atoms in total. The van der Waals surface area contributed by atoms with E-state index >= 15 is 0 Å². The minimum atomic E-state index is -0.699. The van der Waals surface area contributed by atoms with Crippen LogP contribution in [-0.4, -0.2) is 27.7 Å². The monoisotopic (exact) mass is 406 g/mol. The molecule has 0 radical (unpaired) electrons. The van der Waals surface area contributed by atoms with Gasteiger partial charge in [-0.15, -0.1) is 0 Å².